The van der Waals surface area contributed by atoms with Crippen molar-refractivity contribution >= 4 is 0 Å². The van der Waals surface area contributed by atoms with Crippen LogP contribution in [0, 0.1) is 0 Å². The molecule has 0 fully saturated rings. The molecule has 2 nitrogen and oxygen atoms in total. The average Bonchev–Trinajstić information content (AvgIpc) is 2.52. The fourth-order valence-corrected chi connectivity index (χ4v) is 2.36. The number of rotatable bonds is 6. The molecule has 1 aromatic carbocycles. The number of nitrogens with zero attached hydrogens (tertiary/aromatic N) is 1. The summed E-state index contributed by atoms with van der Waals surface area (Å²) in [6, 6.07) is 12.2. The van der Waals surface area contributed by atoms with Gasteiger partial charge in [0.05, 0.1) is 6.10 Å². The molecule has 0 bridgehead atoms. The summed E-state index contributed by atoms with van der Waals surface area (Å²) < 4.78 is 0. The second-order valence-electron chi connectivity index (χ2n) is 5.15. The number of hydrogen-bond donors (Lipinski definition) is 1. The number of aliphatic hydroxyl groups is 1. The molecule has 0 saturated carbocycles. The van der Waals surface area contributed by atoms with Crippen LogP contribution in [0.15, 0.2) is 42.6 Å². The number of aliphatic hydroxyl groups excluding tert-OH is 1. The zero-order valence-corrected chi connectivity index (χ0v) is 12.3. The summed E-state index contributed by atoms with van der Waals surface area (Å²) >= 11 is 0. The van der Waals surface area contributed by atoms with Gasteiger partial charge in [0.25, 0.3) is 0 Å². The topological polar surface area (TPSA) is 33.1 Å². The molecule has 1 N–H and O–H groups in total. The summed E-state index contributed by atoms with van der Waals surface area (Å²) in [7, 11) is 0. The highest BCUT2D eigenvalue weighted by Crippen LogP contribution is 2.29. The van der Waals surface area contributed by atoms with Crippen LogP contribution in [0.4, 0.5) is 0 Å². The average molecular weight is 269 g/mol. The van der Waals surface area contributed by atoms with Gasteiger partial charge < -0.3 is 5.11 Å². The molecule has 20 heavy (non-hydrogen) atoms. The van der Waals surface area contributed by atoms with Gasteiger partial charge in [0.1, 0.15) is 0 Å². The maximum atomic E-state index is 10.1. The van der Waals surface area contributed by atoms with Crippen LogP contribution in [0.2, 0.25) is 0 Å². The third-order valence-corrected chi connectivity index (χ3v) is 3.63. The number of unbranched alkanes of at least 4 members (excludes halogenated alkanes) is 1. The highest BCUT2D eigenvalue weighted by atomic mass is 16.3. The molecule has 0 aliphatic rings. The first kappa shape index (κ1) is 14.7. The maximum absolute atomic E-state index is 10.1. The molecule has 2 aromatic rings. The largest absolute Gasteiger partial charge is 0.388 e. The monoisotopic (exact) mass is 269 g/mol. The highest BCUT2D eigenvalue weighted by Gasteiger charge is 2.11. The van der Waals surface area contributed by atoms with E-state index in [1.165, 1.54) is 12.8 Å². The molecular weight excluding hydrogens is 246 g/mol. The molecule has 2 heteroatoms. The Morgan fingerprint density at radius 3 is 2.55 bits per heavy atom. The van der Waals surface area contributed by atoms with E-state index in [2.05, 4.69) is 30.1 Å². The zero-order valence-electron chi connectivity index (χ0n) is 12.3. The van der Waals surface area contributed by atoms with Crippen molar-refractivity contribution < 1.29 is 5.11 Å². The first-order chi connectivity index (χ1) is 9.76. The zero-order chi connectivity index (χ0) is 14.4. The van der Waals surface area contributed by atoms with E-state index in [1.54, 1.807) is 0 Å². The molecule has 0 radical (unpaired) electrons. The van der Waals surface area contributed by atoms with Crippen LogP contribution in [0.25, 0.3) is 11.1 Å². The number of aryl methyl sites for hydroxylation is 1. The van der Waals surface area contributed by atoms with E-state index in [1.807, 2.05) is 31.3 Å². The SMILES string of the molecule is CCCCc1ccc(-c2ccccc2C(O)CC)cn1. The Morgan fingerprint density at radius 1 is 1.10 bits per heavy atom. The normalized spacial score (nSPS) is 12.3. The molecule has 0 saturated heterocycles. The van der Waals surface area contributed by atoms with E-state index < -0.39 is 6.10 Å². The first-order valence-corrected chi connectivity index (χ1v) is 7.48. The van der Waals surface area contributed by atoms with E-state index in [9.17, 15) is 5.11 Å². The van der Waals surface area contributed by atoms with Gasteiger partial charge in [-0.25, -0.2) is 0 Å². The summed E-state index contributed by atoms with van der Waals surface area (Å²) in [4.78, 5) is 4.54. The lowest BCUT2D eigenvalue weighted by Gasteiger charge is -2.14. The lowest BCUT2D eigenvalue weighted by atomic mass is 9.96. The van der Waals surface area contributed by atoms with Crippen LogP contribution >= 0.6 is 0 Å². The molecule has 1 heterocycles. The first-order valence-electron chi connectivity index (χ1n) is 7.48. The van der Waals surface area contributed by atoms with Crippen molar-refractivity contribution in [2.45, 2.75) is 45.6 Å². The van der Waals surface area contributed by atoms with Gasteiger partial charge in [0.2, 0.25) is 0 Å². The Bertz CT molecular complexity index is 533. The number of pyridine rings is 1. The summed E-state index contributed by atoms with van der Waals surface area (Å²) in [5.41, 5.74) is 4.28. The Kier molecular flexibility index (Phi) is 5.31. The standard InChI is InChI=1S/C18H23NO/c1-3-5-8-15-12-11-14(13-19-15)16-9-6-7-10-17(16)18(20)4-2/h6-7,9-13,18,20H,3-5,8H2,1-2H3. The predicted octanol–water partition coefficient (Wildman–Crippen LogP) is 4.53. The molecule has 0 aliphatic heterocycles. The molecule has 0 spiro atoms. The second-order valence-corrected chi connectivity index (χ2v) is 5.15. The van der Waals surface area contributed by atoms with Gasteiger partial charge in [-0.05, 0) is 36.5 Å². The van der Waals surface area contributed by atoms with E-state index in [-0.39, 0.29) is 0 Å². The minimum Gasteiger partial charge on any atom is -0.388 e. The lowest BCUT2D eigenvalue weighted by Crippen LogP contribution is -1.98. The van der Waals surface area contributed by atoms with Gasteiger partial charge >= 0.3 is 0 Å². The Balaban J connectivity index is 2.27. The number of hydrogen-bond acceptors (Lipinski definition) is 2. The molecule has 2 rings (SSSR count). The van der Waals surface area contributed by atoms with Gasteiger partial charge in [0.15, 0.2) is 0 Å². The summed E-state index contributed by atoms with van der Waals surface area (Å²) in [5, 5.41) is 10.1. The molecule has 106 valence electrons. The van der Waals surface area contributed by atoms with Gasteiger partial charge in [-0.1, -0.05) is 50.6 Å². The van der Waals surface area contributed by atoms with Crippen LogP contribution < -0.4 is 0 Å². The smallest absolute Gasteiger partial charge is 0.0793 e. The fraction of sp³-hybridized carbons (Fsp3) is 0.389. The van der Waals surface area contributed by atoms with Crippen LogP contribution in [0.5, 0.6) is 0 Å². The lowest BCUT2D eigenvalue weighted by molar-refractivity contribution is 0.174. The molecule has 0 amide bonds. The molecule has 0 aliphatic carbocycles. The van der Waals surface area contributed by atoms with Crippen molar-refractivity contribution in [2.24, 2.45) is 0 Å². The van der Waals surface area contributed by atoms with Crippen molar-refractivity contribution in [3.63, 3.8) is 0 Å². The van der Waals surface area contributed by atoms with E-state index in [4.69, 9.17) is 0 Å². The number of benzene rings is 1. The Labute approximate surface area is 121 Å². The molecule has 1 aromatic heterocycles. The number of aromatic nitrogens is 1. The van der Waals surface area contributed by atoms with E-state index in [0.717, 1.165) is 35.2 Å². The van der Waals surface area contributed by atoms with Gasteiger partial charge in [-0.3, -0.25) is 4.98 Å². The quantitative estimate of drug-likeness (QED) is 0.835. The van der Waals surface area contributed by atoms with Gasteiger partial charge in [-0.2, -0.15) is 0 Å². The van der Waals surface area contributed by atoms with E-state index in [0.29, 0.717) is 0 Å². The Hall–Kier alpha value is -1.67. The molecule has 1 atom stereocenters. The van der Waals surface area contributed by atoms with Crippen LogP contribution in [-0.4, -0.2) is 10.1 Å². The summed E-state index contributed by atoms with van der Waals surface area (Å²) in [5.74, 6) is 0. The van der Waals surface area contributed by atoms with Crippen molar-refractivity contribution in [3.8, 4) is 11.1 Å². The highest BCUT2D eigenvalue weighted by molar-refractivity contribution is 5.67. The molecular formula is C18H23NO. The minimum atomic E-state index is -0.411. The van der Waals surface area contributed by atoms with Crippen molar-refractivity contribution in [1.82, 2.24) is 4.98 Å². The second kappa shape index (κ2) is 7.20. The van der Waals surface area contributed by atoms with Gasteiger partial charge in [-0.15, -0.1) is 0 Å². The van der Waals surface area contributed by atoms with Crippen LogP contribution in [0.1, 0.15) is 50.5 Å². The van der Waals surface area contributed by atoms with Crippen molar-refractivity contribution in [2.75, 3.05) is 0 Å². The Morgan fingerprint density at radius 2 is 1.90 bits per heavy atom. The van der Waals surface area contributed by atoms with Crippen LogP contribution in [0.3, 0.4) is 0 Å². The van der Waals surface area contributed by atoms with Crippen molar-refractivity contribution in [1.29, 1.82) is 0 Å². The fourth-order valence-electron chi connectivity index (χ4n) is 2.36. The summed E-state index contributed by atoms with van der Waals surface area (Å²) in [6.07, 6.45) is 5.64. The predicted molar refractivity (Wildman–Crippen MR) is 83.5 cm³/mol. The van der Waals surface area contributed by atoms with Crippen LogP contribution in [-0.2, 0) is 6.42 Å². The molecule has 1 unspecified atom stereocenters. The van der Waals surface area contributed by atoms with Gasteiger partial charge in [0, 0.05) is 17.5 Å². The minimum absolute atomic E-state index is 0.411. The third-order valence-electron chi connectivity index (χ3n) is 3.63. The van der Waals surface area contributed by atoms with E-state index >= 15 is 0 Å². The third kappa shape index (κ3) is 3.45. The maximum Gasteiger partial charge on any atom is 0.0793 e. The summed E-state index contributed by atoms with van der Waals surface area (Å²) in [6.45, 7) is 4.18. The van der Waals surface area contributed by atoms with Crippen molar-refractivity contribution in [3.05, 3.63) is 53.9 Å².